The zero-order valence-corrected chi connectivity index (χ0v) is 12.4. The largest absolute Gasteiger partial charge is 0.396 e. The summed E-state index contributed by atoms with van der Waals surface area (Å²) < 4.78 is 0. The van der Waals surface area contributed by atoms with Crippen LogP contribution < -0.4 is 5.32 Å². The van der Waals surface area contributed by atoms with Crippen molar-refractivity contribution in [3.8, 4) is 0 Å². The van der Waals surface area contributed by atoms with Gasteiger partial charge in [0.2, 0.25) is 0 Å². The molecular weight excluding hydrogens is 252 g/mol. The summed E-state index contributed by atoms with van der Waals surface area (Å²) in [6, 6.07) is 5.90. The van der Waals surface area contributed by atoms with Gasteiger partial charge in [-0.05, 0) is 56.4 Å². The van der Waals surface area contributed by atoms with Crippen molar-refractivity contribution >= 4 is 11.6 Å². The highest BCUT2D eigenvalue weighted by atomic mass is 16.3. The third-order valence-corrected chi connectivity index (χ3v) is 3.95. The van der Waals surface area contributed by atoms with Crippen molar-refractivity contribution in [1.29, 1.82) is 0 Å². The number of carbonyl (C=O) groups is 1. The SMILES string of the molecule is CCNc1ccc(C(=O)N2CCC(CCO)C2)c(C)c1. The Kier molecular flexibility index (Phi) is 5.01. The van der Waals surface area contributed by atoms with Crippen molar-refractivity contribution in [3.63, 3.8) is 0 Å². The van der Waals surface area contributed by atoms with E-state index in [1.807, 2.05) is 30.0 Å². The van der Waals surface area contributed by atoms with Gasteiger partial charge in [0.05, 0.1) is 0 Å². The molecule has 0 spiro atoms. The fourth-order valence-electron chi connectivity index (χ4n) is 2.82. The summed E-state index contributed by atoms with van der Waals surface area (Å²) in [6.07, 6.45) is 1.79. The predicted molar refractivity (Wildman–Crippen MR) is 81.1 cm³/mol. The van der Waals surface area contributed by atoms with Gasteiger partial charge in [-0.1, -0.05) is 0 Å². The Bertz CT molecular complexity index is 474. The number of nitrogens with zero attached hydrogens (tertiary/aromatic N) is 1. The molecule has 1 atom stereocenters. The van der Waals surface area contributed by atoms with Gasteiger partial charge < -0.3 is 15.3 Å². The molecule has 1 aliphatic rings. The number of aryl methyl sites for hydroxylation is 1. The van der Waals surface area contributed by atoms with Crippen molar-refractivity contribution < 1.29 is 9.90 Å². The van der Waals surface area contributed by atoms with Gasteiger partial charge in [0.15, 0.2) is 0 Å². The molecule has 110 valence electrons. The number of carbonyl (C=O) groups excluding carboxylic acids is 1. The minimum Gasteiger partial charge on any atom is -0.396 e. The Morgan fingerprint density at radius 2 is 2.30 bits per heavy atom. The molecule has 0 radical (unpaired) electrons. The lowest BCUT2D eigenvalue weighted by atomic mass is 10.1. The van der Waals surface area contributed by atoms with Crippen LogP contribution in [0.3, 0.4) is 0 Å². The highest BCUT2D eigenvalue weighted by Gasteiger charge is 2.27. The standard InChI is InChI=1S/C16H24N2O2/c1-3-17-14-4-5-15(12(2)10-14)16(20)18-8-6-13(11-18)7-9-19/h4-5,10,13,17,19H,3,6-9,11H2,1-2H3. The quantitative estimate of drug-likeness (QED) is 0.867. The maximum atomic E-state index is 12.5. The summed E-state index contributed by atoms with van der Waals surface area (Å²) in [4.78, 5) is 14.4. The number of aliphatic hydroxyl groups is 1. The third kappa shape index (κ3) is 3.31. The fourth-order valence-corrected chi connectivity index (χ4v) is 2.82. The molecule has 2 rings (SSSR count). The predicted octanol–water partition coefficient (Wildman–Crippen LogP) is 2.27. The number of hydrogen-bond donors (Lipinski definition) is 2. The number of likely N-dealkylation sites (tertiary alicyclic amines) is 1. The van der Waals surface area contributed by atoms with Gasteiger partial charge in [-0.15, -0.1) is 0 Å². The first kappa shape index (κ1) is 14.9. The van der Waals surface area contributed by atoms with Crippen LogP contribution in [0.2, 0.25) is 0 Å². The highest BCUT2D eigenvalue weighted by Crippen LogP contribution is 2.23. The van der Waals surface area contributed by atoms with Crippen LogP contribution in [0.15, 0.2) is 18.2 Å². The van der Waals surface area contributed by atoms with Crippen LogP contribution in [0.4, 0.5) is 5.69 Å². The molecule has 0 saturated carbocycles. The average molecular weight is 276 g/mol. The van der Waals surface area contributed by atoms with E-state index in [4.69, 9.17) is 5.11 Å². The Hall–Kier alpha value is -1.55. The molecule has 1 heterocycles. The van der Waals surface area contributed by atoms with E-state index < -0.39 is 0 Å². The van der Waals surface area contributed by atoms with E-state index in [0.29, 0.717) is 5.92 Å². The Balaban J connectivity index is 2.06. The lowest BCUT2D eigenvalue weighted by molar-refractivity contribution is 0.0784. The molecule has 4 heteroatoms. The van der Waals surface area contributed by atoms with E-state index >= 15 is 0 Å². The van der Waals surface area contributed by atoms with Gasteiger partial charge in [-0.3, -0.25) is 4.79 Å². The van der Waals surface area contributed by atoms with Crippen LogP contribution in [0, 0.1) is 12.8 Å². The smallest absolute Gasteiger partial charge is 0.254 e. The Labute approximate surface area is 120 Å². The molecule has 1 aliphatic heterocycles. The lowest BCUT2D eigenvalue weighted by Crippen LogP contribution is -2.29. The second kappa shape index (κ2) is 6.75. The minimum absolute atomic E-state index is 0.117. The van der Waals surface area contributed by atoms with Crippen LogP contribution in [-0.4, -0.2) is 42.2 Å². The van der Waals surface area contributed by atoms with E-state index in [1.54, 1.807) is 0 Å². The maximum Gasteiger partial charge on any atom is 0.254 e. The van der Waals surface area contributed by atoms with E-state index in [0.717, 1.165) is 49.3 Å². The number of benzene rings is 1. The van der Waals surface area contributed by atoms with Crippen LogP contribution in [0.25, 0.3) is 0 Å². The molecule has 0 aromatic heterocycles. The van der Waals surface area contributed by atoms with Gasteiger partial charge in [0, 0.05) is 37.5 Å². The molecule has 0 aliphatic carbocycles. The normalized spacial score (nSPS) is 18.4. The van der Waals surface area contributed by atoms with Gasteiger partial charge in [0.1, 0.15) is 0 Å². The molecular formula is C16H24N2O2. The van der Waals surface area contributed by atoms with Gasteiger partial charge >= 0.3 is 0 Å². The average Bonchev–Trinajstić information content (AvgIpc) is 2.88. The third-order valence-electron chi connectivity index (χ3n) is 3.95. The molecule has 4 nitrogen and oxygen atoms in total. The molecule has 1 unspecified atom stereocenters. The van der Waals surface area contributed by atoms with Gasteiger partial charge in [-0.2, -0.15) is 0 Å². The second-order valence-electron chi connectivity index (χ2n) is 5.48. The van der Waals surface area contributed by atoms with Crippen LogP contribution >= 0.6 is 0 Å². The molecule has 0 bridgehead atoms. The van der Waals surface area contributed by atoms with Crippen molar-refractivity contribution in [1.82, 2.24) is 4.90 Å². The number of nitrogens with one attached hydrogen (secondary N) is 1. The fraction of sp³-hybridized carbons (Fsp3) is 0.562. The molecule has 1 saturated heterocycles. The first-order chi connectivity index (χ1) is 9.65. The molecule has 1 aromatic carbocycles. The number of rotatable bonds is 5. The lowest BCUT2D eigenvalue weighted by Gasteiger charge is -2.18. The van der Waals surface area contributed by atoms with Crippen LogP contribution in [-0.2, 0) is 0 Å². The zero-order valence-electron chi connectivity index (χ0n) is 12.4. The summed E-state index contributed by atoms with van der Waals surface area (Å²) in [6.45, 7) is 6.70. The maximum absolute atomic E-state index is 12.5. The number of amides is 1. The van der Waals surface area contributed by atoms with E-state index in [9.17, 15) is 4.79 Å². The molecule has 20 heavy (non-hydrogen) atoms. The number of anilines is 1. The van der Waals surface area contributed by atoms with Crippen molar-refractivity contribution in [2.24, 2.45) is 5.92 Å². The summed E-state index contributed by atoms with van der Waals surface area (Å²) in [5.41, 5.74) is 2.86. The zero-order chi connectivity index (χ0) is 14.5. The van der Waals surface area contributed by atoms with E-state index in [1.165, 1.54) is 0 Å². The number of hydrogen-bond acceptors (Lipinski definition) is 3. The monoisotopic (exact) mass is 276 g/mol. The van der Waals surface area contributed by atoms with Crippen LogP contribution in [0.5, 0.6) is 0 Å². The minimum atomic E-state index is 0.117. The van der Waals surface area contributed by atoms with E-state index in [2.05, 4.69) is 12.2 Å². The first-order valence-electron chi connectivity index (χ1n) is 7.40. The summed E-state index contributed by atoms with van der Waals surface area (Å²) in [5.74, 6) is 0.566. The topological polar surface area (TPSA) is 52.6 Å². The Morgan fingerprint density at radius 3 is 2.95 bits per heavy atom. The van der Waals surface area contributed by atoms with Crippen molar-refractivity contribution in [3.05, 3.63) is 29.3 Å². The second-order valence-corrected chi connectivity index (χ2v) is 5.48. The highest BCUT2D eigenvalue weighted by molar-refractivity contribution is 5.96. The van der Waals surface area contributed by atoms with Gasteiger partial charge in [0.25, 0.3) is 5.91 Å². The summed E-state index contributed by atoms with van der Waals surface area (Å²) in [7, 11) is 0. The first-order valence-corrected chi connectivity index (χ1v) is 7.40. The summed E-state index contributed by atoms with van der Waals surface area (Å²) in [5, 5.41) is 12.2. The van der Waals surface area contributed by atoms with Crippen molar-refractivity contribution in [2.45, 2.75) is 26.7 Å². The van der Waals surface area contributed by atoms with Gasteiger partial charge in [-0.25, -0.2) is 0 Å². The molecule has 1 aromatic rings. The van der Waals surface area contributed by atoms with Crippen molar-refractivity contribution in [2.75, 3.05) is 31.6 Å². The van der Waals surface area contributed by atoms with E-state index in [-0.39, 0.29) is 12.5 Å². The van der Waals surface area contributed by atoms with Crippen LogP contribution in [0.1, 0.15) is 35.7 Å². The molecule has 2 N–H and O–H groups in total. The Morgan fingerprint density at radius 1 is 1.50 bits per heavy atom. The molecule has 1 amide bonds. The summed E-state index contributed by atoms with van der Waals surface area (Å²) >= 11 is 0. The number of aliphatic hydroxyl groups excluding tert-OH is 1. The molecule has 1 fully saturated rings.